The minimum Gasteiger partial charge on any atom is -0.374 e. The fraction of sp³-hybridized carbons (Fsp3) is 0.833. The van der Waals surface area contributed by atoms with Crippen molar-refractivity contribution in [3.05, 3.63) is 12.7 Å². The summed E-state index contributed by atoms with van der Waals surface area (Å²) in [6, 6.07) is 0. The molecule has 0 aliphatic carbocycles. The Kier molecular flexibility index (Phi) is 3.55. The lowest BCUT2D eigenvalue weighted by Gasteiger charge is -2.20. The third-order valence-electron chi connectivity index (χ3n) is 2.96. The summed E-state index contributed by atoms with van der Waals surface area (Å²) >= 11 is 0. The molecule has 0 N–H and O–H groups in total. The van der Waals surface area contributed by atoms with Crippen molar-refractivity contribution in [1.29, 1.82) is 0 Å². The maximum absolute atomic E-state index is 6.02. The van der Waals surface area contributed by atoms with Gasteiger partial charge in [0.15, 0.2) is 0 Å². The molecule has 1 heteroatoms. The molecule has 0 bridgehead atoms. The van der Waals surface area contributed by atoms with Crippen LogP contribution in [0.25, 0.3) is 0 Å². The van der Waals surface area contributed by atoms with E-state index in [9.17, 15) is 0 Å². The standard InChI is InChI=1S/C12H22O/c1-6-10-7-11(8(2)3)13-12(10)9(4)5/h6,8-12H,1,7H2,2-5H3/t10-,11-,12-/m1/s1. The topological polar surface area (TPSA) is 9.23 Å². The Bertz CT molecular complexity index is 172. The molecule has 1 rings (SSSR count). The van der Waals surface area contributed by atoms with Gasteiger partial charge in [-0.1, -0.05) is 33.8 Å². The van der Waals surface area contributed by atoms with Crippen molar-refractivity contribution in [3.8, 4) is 0 Å². The van der Waals surface area contributed by atoms with E-state index in [1.807, 2.05) is 0 Å². The van der Waals surface area contributed by atoms with Gasteiger partial charge in [-0.3, -0.25) is 0 Å². The van der Waals surface area contributed by atoms with Crippen LogP contribution in [0.2, 0.25) is 0 Å². The van der Waals surface area contributed by atoms with E-state index >= 15 is 0 Å². The molecule has 0 spiro atoms. The normalized spacial score (nSPS) is 34.5. The lowest BCUT2D eigenvalue weighted by molar-refractivity contribution is -0.00800. The predicted octanol–water partition coefficient (Wildman–Crippen LogP) is 3.26. The largest absolute Gasteiger partial charge is 0.374 e. The molecule has 0 amide bonds. The van der Waals surface area contributed by atoms with Crippen molar-refractivity contribution in [2.24, 2.45) is 17.8 Å². The van der Waals surface area contributed by atoms with E-state index in [1.54, 1.807) is 0 Å². The maximum Gasteiger partial charge on any atom is 0.0665 e. The van der Waals surface area contributed by atoms with Gasteiger partial charge in [0.05, 0.1) is 12.2 Å². The van der Waals surface area contributed by atoms with Gasteiger partial charge in [-0.05, 0) is 18.3 Å². The summed E-state index contributed by atoms with van der Waals surface area (Å²) in [5.41, 5.74) is 0. The number of rotatable bonds is 3. The monoisotopic (exact) mass is 182 g/mol. The fourth-order valence-corrected chi connectivity index (χ4v) is 2.07. The number of ether oxygens (including phenoxy) is 1. The van der Waals surface area contributed by atoms with Gasteiger partial charge in [0.2, 0.25) is 0 Å². The smallest absolute Gasteiger partial charge is 0.0665 e. The minimum absolute atomic E-state index is 0.393. The lowest BCUT2D eigenvalue weighted by atomic mass is 9.90. The molecule has 13 heavy (non-hydrogen) atoms. The van der Waals surface area contributed by atoms with Crippen molar-refractivity contribution in [2.45, 2.75) is 46.3 Å². The van der Waals surface area contributed by atoms with E-state index in [0.29, 0.717) is 30.0 Å². The SMILES string of the molecule is C=C[C@@H]1C[C@H](C(C)C)O[C@@H]1C(C)C. The molecule has 1 fully saturated rings. The Labute approximate surface area is 82.2 Å². The average Bonchev–Trinajstić information content (AvgIpc) is 2.47. The second-order valence-electron chi connectivity index (χ2n) is 4.76. The Hall–Kier alpha value is -0.300. The molecule has 1 aliphatic rings. The second kappa shape index (κ2) is 4.28. The molecule has 0 aromatic heterocycles. The Morgan fingerprint density at radius 2 is 1.85 bits per heavy atom. The molecule has 1 saturated heterocycles. The van der Waals surface area contributed by atoms with Gasteiger partial charge in [0.25, 0.3) is 0 Å². The van der Waals surface area contributed by atoms with E-state index in [2.05, 4.69) is 40.3 Å². The van der Waals surface area contributed by atoms with E-state index in [4.69, 9.17) is 4.74 Å². The van der Waals surface area contributed by atoms with Crippen LogP contribution in [0.4, 0.5) is 0 Å². The van der Waals surface area contributed by atoms with Gasteiger partial charge < -0.3 is 4.74 Å². The van der Waals surface area contributed by atoms with Gasteiger partial charge in [0, 0.05) is 5.92 Å². The minimum atomic E-state index is 0.393. The molecule has 1 nitrogen and oxygen atoms in total. The van der Waals surface area contributed by atoms with Crippen molar-refractivity contribution in [2.75, 3.05) is 0 Å². The third kappa shape index (κ3) is 2.34. The van der Waals surface area contributed by atoms with Crippen LogP contribution >= 0.6 is 0 Å². The Morgan fingerprint density at radius 3 is 2.15 bits per heavy atom. The summed E-state index contributed by atoms with van der Waals surface area (Å²) in [5, 5.41) is 0. The molecule has 0 radical (unpaired) electrons. The van der Waals surface area contributed by atoms with Gasteiger partial charge in [-0.25, -0.2) is 0 Å². The molecule has 0 aromatic rings. The van der Waals surface area contributed by atoms with Gasteiger partial charge in [-0.15, -0.1) is 6.58 Å². The molecule has 1 aliphatic heterocycles. The third-order valence-corrected chi connectivity index (χ3v) is 2.96. The van der Waals surface area contributed by atoms with Crippen molar-refractivity contribution in [3.63, 3.8) is 0 Å². The zero-order chi connectivity index (χ0) is 10.0. The summed E-state index contributed by atoms with van der Waals surface area (Å²) in [6.07, 6.45) is 4.05. The van der Waals surface area contributed by atoms with Crippen LogP contribution in [0, 0.1) is 17.8 Å². The summed E-state index contributed by atoms with van der Waals surface area (Å²) in [7, 11) is 0. The summed E-state index contributed by atoms with van der Waals surface area (Å²) in [4.78, 5) is 0. The summed E-state index contributed by atoms with van der Waals surface area (Å²) in [5.74, 6) is 1.80. The van der Waals surface area contributed by atoms with Crippen LogP contribution in [0.5, 0.6) is 0 Å². The van der Waals surface area contributed by atoms with Crippen LogP contribution in [-0.2, 0) is 4.74 Å². The lowest BCUT2D eigenvalue weighted by Crippen LogP contribution is -2.22. The highest BCUT2D eigenvalue weighted by Gasteiger charge is 2.36. The Morgan fingerprint density at radius 1 is 1.23 bits per heavy atom. The number of hydrogen-bond donors (Lipinski definition) is 0. The molecule has 76 valence electrons. The highest BCUT2D eigenvalue weighted by Crippen LogP contribution is 2.34. The first-order valence-electron chi connectivity index (χ1n) is 5.34. The zero-order valence-corrected chi connectivity index (χ0v) is 9.29. The molecular formula is C12H22O. The Balaban J connectivity index is 2.61. The van der Waals surface area contributed by atoms with E-state index in [0.717, 1.165) is 6.42 Å². The van der Waals surface area contributed by atoms with Crippen LogP contribution in [0.3, 0.4) is 0 Å². The fourth-order valence-electron chi connectivity index (χ4n) is 2.07. The van der Waals surface area contributed by atoms with E-state index in [-0.39, 0.29) is 0 Å². The van der Waals surface area contributed by atoms with Gasteiger partial charge in [-0.2, -0.15) is 0 Å². The maximum atomic E-state index is 6.02. The molecule has 0 aromatic carbocycles. The summed E-state index contributed by atoms with van der Waals surface area (Å²) in [6.45, 7) is 12.8. The second-order valence-corrected chi connectivity index (χ2v) is 4.76. The first kappa shape index (κ1) is 10.8. The summed E-state index contributed by atoms with van der Waals surface area (Å²) < 4.78 is 6.02. The molecule has 3 atom stereocenters. The predicted molar refractivity (Wildman–Crippen MR) is 56.6 cm³/mol. The highest BCUT2D eigenvalue weighted by molar-refractivity contribution is 4.94. The van der Waals surface area contributed by atoms with Gasteiger partial charge >= 0.3 is 0 Å². The molecule has 0 saturated carbocycles. The van der Waals surface area contributed by atoms with E-state index in [1.165, 1.54) is 0 Å². The van der Waals surface area contributed by atoms with Gasteiger partial charge in [0.1, 0.15) is 0 Å². The average molecular weight is 182 g/mol. The highest BCUT2D eigenvalue weighted by atomic mass is 16.5. The zero-order valence-electron chi connectivity index (χ0n) is 9.29. The van der Waals surface area contributed by atoms with E-state index < -0.39 is 0 Å². The molecule has 1 heterocycles. The van der Waals surface area contributed by atoms with Crippen LogP contribution < -0.4 is 0 Å². The molecular weight excluding hydrogens is 160 g/mol. The van der Waals surface area contributed by atoms with Crippen molar-refractivity contribution < 1.29 is 4.74 Å². The van der Waals surface area contributed by atoms with Crippen LogP contribution in [-0.4, -0.2) is 12.2 Å². The first-order chi connectivity index (χ1) is 6.06. The van der Waals surface area contributed by atoms with Crippen molar-refractivity contribution >= 4 is 0 Å². The molecule has 0 unspecified atom stereocenters. The van der Waals surface area contributed by atoms with Crippen LogP contribution in [0.15, 0.2) is 12.7 Å². The first-order valence-corrected chi connectivity index (χ1v) is 5.34. The number of hydrogen-bond acceptors (Lipinski definition) is 1. The van der Waals surface area contributed by atoms with Crippen molar-refractivity contribution in [1.82, 2.24) is 0 Å². The van der Waals surface area contributed by atoms with Crippen LogP contribution in [0.1, 0.15) is 34.1 Å². The quantitative estimate of drug-likeness (QED) is 0.609.